The molecule has 0 aromatic carbocycles. The van der Waals surface area contributed by atoms with E-state index in [2.05, 4.69) is 38.2 Å². The molecule has 0 rings (SSSR count). The highest BCUT2D eigenvalue weighted by atomic mass is 31.2. The molecule has 0 bridgehead atoms. The van der Waals surface area contributed by atoms with E-state index >= 15 is 0 Å². The average Bonchev–Trinajstić information content (AvgIpc) is 3.25. The zero-order chi connectivity index (χ0) is 44.6. The molecule has 2 unspecified atom stereocenters. The molecule has 360 valence electrons. The van der Waals surface area contributed by atoms with Crippen LogP contribution in [-0.4, -0.2) is 49.3 Å². The monoisotopic (exact) mass is 884 g/mol. The fourth-order valence-electron chi connectivity index (χ4n) is 7.44. The van der Waals surface area contributed by atoms with Crippen molar-refractivity contribution in [1.29, 1.82) is 0 Å². The van der Waals surface area contributed by atoms with Crippen molar-refractivity contribution in [3.8, 4) is 0 Å². The summed E-state index contributed by atoms with van der Waals surface area (Å²) in [5.41, 5.74) is 5.36. The lowest BCUT2D eigenvalue weighted by molar-refractivity contribution is -0.161. The molecule has 0 aromatic heterocycles. The Labute approximate surface area is 376 Å². The molecule has 10 heteroatoms. The van der Waals surface area contributed by atoms with Gasteiger partial charge in [-0.1, -0.05) is 212 Å². The quantitative estimate of drug-likeness (QED) is 0.0265. The summed E-state index contributed by atoms with van der Waals surface area (Å²) < 4.78 is 32.8. The van der Waals surface area contributed by atoms with E-state index in [1.54, 1.807) is 0 Å². The largest absolute Gasteiger partial charge is 0.472 e. The molecule has 0 saturated carbocycles. The number of nitrogens with two attached hydrogens (primary N) is 1. The SMILES string of the molecule is CCCC/C=C\CCCCCCCC(=O)OCC(COP(=O)(O)OCCN)OC(=O)CCCCCCCCCCCCCCCCCCC/C=C\CCCCCCCCCC. The van der Waals surface area contributed by atoms with Crippen molar-refractivity contribution in [3.05, 3.63) is 24.3 Å². The van der Waals surface area contributed by atoms with Gasteiger partial charge in [0.05, 0.1) is 13.2 Å². The number of allylic oxidation sites excluding steroid dienone is 4. The number of hydrogen-bond acceptors (Lipinski definition) is 8. The van der Waals surface area contributed by atoms with Gasteiger partial charge in [-0.25, -0.2) is 4.57 Å². The van der Waals surface area contributed by atoms with Crippen molar-refractivity contribution in [2.75, 3.05) is 26.4 Å². The zero-order valence-electron chi connectivity index (χ0n) is 39.9. The van der Waals surface area contributed by atoms with Gasteiger partial charge in [-0.2, -0.15) is 0 Å². The highest BCUT2D eigenvalue weighted by molar-refractivity contribution is 7.47. The topological polar surface area (TPSA) is 134 Å². The fourth-order valence-corrected chi connectivity index (χ4v) is 8.20. The smallest absolute Gasteiger partial charge is 0.462 e. The van der Waals surface area contributed by atoms with Crippen molar-refractivity contribution >= 4 is 19.8 Å². The third-order valence-corrected chi connectivity index (χ3v) is 12.3. The standard InChI is InChI=1S/C51H98NO8P/c1-3-5-7-9-11-13-15-16-17-18-19-20-21-22-23-24-25-26-27-28-29-30-31-32-34-36-38-40-42-44-51(54)60-49(48-59-61(55,56)58-46-45-52)47-57-50(53)43-41-39-37-35-33-14-12-10-8-6-4-2/h10,12,18-19,49H,3-9,11,13-17,20-48,52H2,1-2H3,(H,55,56)/b12-10-,19-18-. The van der Waals surface area contributed by atoms with E-state index in [-0.39, 0.29) is 38.6 Å². The molecule has 2 atom stereocenters. The molecule has 9 nitrogen and oxygen atoms in total. The molecule has 0 amide bonds. The minimum absolute atomic E-state index is 0.0541. The summed E-state index contributed by atoms with van der Waals surface area (Å²) in [5.74, 6) is -0.830. The van der Waals surface area contributed by atoms with Crippen molar-refractivity contribution in [3.63, 3.8) is 0 Å². The van der Waals surface area contributed by atoms with Crippen molar-refractivity contribution in [2.45, 2.75) is 264 Å². The summed E-state index contributed by atoms with van der Waals surface area (Å²) in [6.45, 7) is 3.72. The van der Waals surface area contributed by atoms with E-state index in [0.29, 0.717) is 6.42 Å². The second kappa shape index (κ2) is 48.0. The van der Waals surface area contributed by atoms with Crippen LogP contribution in [0.5, 0.6) is 0 Å². The highest BCUT2D eigenvalue weighted by Crippen LogP contribution is 2.43. The lowest BCUT2D eigenvalue weighted by Gasteiger charge is -2.19. The van der Waals surface area contributed by atoms with Gasteiger partial charge in [0.15, 0.2) is 6.10 Å². The third-order valence-electron chi connectivity index (χ3n) is 11.3. The van der Waals surface area contributed by atoms with Gasteiger partial charge in [-0.05, 0) is 57.8 Å². The summed E-state index contributed by atoms with van der Waals surface area (Å²) in [4.78, 5) is 34.9. The van der Waals surface area contributed by atoms with E-state index in [4.69, 9.17) is 24.3 Å². The molecule has 3 N–H and O–H groups in total. The number of hydrogen-bond donors (Lipinski definition) is 2. The number of phosphoric acid groups is 1. The minimum Gasteiger partial charge on any atom is -0.462 e. The van der Waals surface area contributed by atoms with Crippen LogP contribution in [0.3, 0.4) is 0 Å². The van der Waals surface area contributed by atoms with Crippen LogP contribution in [0.4, 0.5) is 0 Å². The number of rotatable bonds is 49. The predicted octanol–water partition coefficient (Wildman–Crippen LogP) is 15.5. The Morgan fingerprint density at radius 2 is 0.820 bits per heavy atom. The summed E-state index contributed by atoms with van der Waals surface area (Å²) in [5, 5.41) is 0. The summed E-state index contributed by atoms with van der Waals surface area (Å²) >= 11 is 0. The Kier molecular flexibility index (Phi) is 46.8. The van der Waals surface area contributed by atoms with Crippen LogP contribution in [0.1, 0.15) is 258 Å². The van der Waals surface area contributed by atoms with E-state index in [1.165, 1.54) is 167 Å². The van der Waals surface area contributed by atoms with Gasteiger partial charge in [-0.3, -0.25) is 18.6 Å². The lowest BCUT2D eigenvalue weighted by atomic mass is 10.0. The molecule has 0 heterocycles. The van der Waals surface area contributed by atoms with Gasteiger partial charge in [0, 0.05) is 19.4 Å². The molecule has 0 aliphatic carbocycles. The first-order chi connectivity index (χ1) is 29.8. The third kappa shape index (κ3) is 47.8. The molecule has 61 heavy (non-hydrogen) atoms. The molecule has 0 aromatic rings. The Morgan fingerprint density at radius 3 is 1.21 bits per heavy atom. The van der Waals surface area contributed by atoms with Crippen molar-refractivity contribution < 1.29 is 37.6 Å². The van der Waals surface area contributed by atoms with Gasteiger partial charge in [-0.15, -0.1) is 0 Å². The summed E-state index contributed by atoms with van der Waals surface area (Å²) in [6, 6.07) is 0. The lowest BCUT2D eigenvalue weighted by Crippen LogP contribution is -2.29. The number of carbonyl (C=O) groups is 2. The van der Waals surface area contributed by atoms with Crippen LogP contribution in [0, 0.1) is 0 Å². The first-order valence-corrected chi connectivity index (χ1v) is 27.3. The minimum atomic E-state index is -4.38. The zero-order valence-corrected chi connectivity index (χ0v) is 40.8. The van der Waals surface area contributed by atoms with Gasteiger partial charge >= 0.3 is 19.8 Å². The summed E-state index contributed by atoms with van der Waals surface area (Å²) in [6.07, 6.45) is 53.9. The fraction of sp³-hybridized carbons (Fsp3) is 0.882. The maximum atomic E-state index is 12.6. The van der Waals surface area contributed by atoms with Crippen LogP contribution < -0.4 is 5.73 Å². The predicted molar refractivity (Wildman–Crippen MR) is 257 cm³/mol. The maximum Gasteiger partial charge on any atom is 0.472 e. The first-order valence-electron chi connectivity index (χ1n) is 25.8. The van der Waals surface area contributed by atoms with E-state index in [0.717, 1.165) is 57.8 Å². The Bertz CT molecular complexity index is 1050. The average molecular weight is 884 g/mol. The first kappa shape index (κ1) is 59.5. The Morgan fingerprint density at radius 1 is 0.475 bits per heavy atom. The van der Waals surface area contributed by atoms with Crippen molar-refractivity contribution in [1.82, 2.24) is 0 Å². The van der Waals surface area contributed by atoms with Crippen LogP contribution in [0.15, 0.2) is 24.3 Å². The Balaban J connectivity index is 3.87. The van der Waals surface area contributed by atoms with Crippen molar-refractivity contribution in [2.24, 2.45) is 5.73 Å². The molecule has 0 fully saturated rings. The second-order valence-electron chi connectivity index (χ2n) is 17.4. The summed E-state index contributed by atoms with van der Waals surface area (Å²) in [7, 11) is -4.38. The molecule has 0 radical (unpaired) electrons. The molecule has 0 aliphatic rings. The normalized spacial score (nSPS) is 13.3. The van der Waals surface area contributed by atoms with Crippen LogP contribution in [0.25, 0.3) is 0 Å². The number of unbranched alkanes of at least 4 members (excludes halogenated alkanes) is 32. The number of esters is 2. The van der Waals surface area contributed by atoms with Gasteiger partial charge in [0.25, 0.3) is 0 Å². The van der Waals surface area contributed by atoms with Crippen LogP contribution >= 0.6 is 7.82 Å². The van der Waals surface area contributed by atoms with Gasteiger partial charge in [0.2, 0.25) is 0 Å². The van der Waals surface area contributed by atoms with Crippen LogP contribution in [-0.2, 0) is 32.7 Å². The Hall–Kier alpha value is -1.51. The van der Waals surface area contributed by atoms with E-state index in [9.17, 15) is 19.0 Å². The van der Waals surface area contributed by atoms with Gasteiger partial charge < -0.3 is 20.1 Å². The molecule has 0 saturated heterocycles. The molecule has 0 aliphatic heterocycles. The van der Waals surface area contributed by atoms with E-state index in [1.807, 2.05) is 0 Å². The van der Waals surface area contributed by atoms with Crippen LogP contribution in [0.2, 0.25) is 0 Å². The number of carbonyl (C=O) groups excluding carboxylic acids is 2. The maximum absolute atomic E-state index is 12.6. The van der Waals surface area contributed by atoms with Gasteiger partial charge in [0.1, 0.15) is 6.61 Å². The number of phosphoric ester groups is 1. The number of ether oxygens (including phenoxy) is 2. The second-order valence-corrected chi connectivity index (χ2v) is 18.8. The molecular weight excluding hydrogens is 786 g/mol. The molecular formula is C51H98NO8P. The molecule has 0 spiro atoms. The highest BCUT2D eigenvalue weighted by Gasteiger charge is 2.26. The van der Waals surface area contributed by atoms with E-state index < -0.39 is 26.5 Å².